The Kier molecular flexibility index (Phi) is 17.7. The van der Waals surface area contributed by atoms with Crippen molar-refractivity contribution in [3.8, 4) is 0 Å². The van der Waals surface area contributed by atoms with Gasteiger partial charge in [0.2, 0.25) is 0 Å². The highest BCUT2D eigenvalue weighted by Crippen LogP contribution is 1.94. The first-order valence-electron chi connectivity index (χ1n) is 6.39. The Bertz CT molecular complexity index is 383. The molecule has 136 valence electrons. The van der Waals surface area contributed by atoms with Crippen molar-refractivity contribution in [3.05, 3.63) is 0 Å². The first-order valence-corrected chi connectivity index (χ1v) is 6.39. The van der Waals surface area contributed by atoms with Gasteiger partial charge in [-0.25, -0.2) is 0 Å². The number of hydrogen-bond acceptors (Lipinski definition) is 7. The highest BCUT2D eigenvalue weighted by molar-refractivity contribution is 5.75. The maximum atomic E-state index is 10.2. The maximum absolute atomic E-state index is 10.2. The van der Waals surface area contributed by atoms with Crippen LogP contribution in [0.5, 0.6) is 0 Å². The second-order valence-electron chi connectivity index (χ2n) is 4.12. The molecule has 0 spiro atoms. The van der Waals surface area contributed by atoms with Gasteiger partial charge in [0, 0.05) is 6.54 Å². The van der Waals surface area contributed by atoms with Crippen molar-refractivity contribution in [2.24, 2.45) is 33.7 Å². The van der Waals surface area contributed by atoms with Gasteiger partial charge in [-0.2, -0.15) is 0 Å². The van der Waals surface area contributed by atoms with Crippen molar-refractivity contribution in [3.63, 3.8) is 0 Å². The molecule has 0 saturated heterocycles. The number of nitrogens with zero attached hydrogens (tertiary/aromatic N) is 1. The Morgan fingerprint density at radius 3 is 1.65 bits per heavy atom. The monoisotopic (exact) mass is 338 g/mol. The number of carboxylic acid groups (broad SMARTS) is 3. The fourth-order valence-corrected chi connectivity index (χ4v) is 0.643. The first-order chi connectivity index (χ1) is 10.4. The van der Waals surface area contributed by atoms with E-state index in [0.29, 0.717) is 19.4 Å². The summed E-state index contributed by atoms with van der Waals surface area (Å²) in [5.74, 6) is -2.92. The zero-order valence-corrected chi connectivity index (χ0v) is 12.9. The van der Waals surface area contributed by atoms with Crippen molar-refractivity contribution in [2.75, 3.05) is 13.1 Å². The van der Waals surface area contributed by atoms with Gasteiger partial charge in [-0.15, -0.1) is 0 Å². The van der Waals surface area contributed by atoms with Gasteiger partial charge in [-0.1, -0.05) is 0 Å². The van der Waals surface area contributed by atoms with Crippen LogP contribution < -0.4 is 28.7 Å². The molecule has 0 rings (SSSR count). The minimum absolute atomic E-state index is 0.0129. The molecule has 0 radical (unpaired) electrons. The van der Waals surface area contributed by atoms with Crippen molar-refractivity contribution < 1.29 is 29.7 Å². The number of carboxylic acids is 3. The van der Waals surface area contributed by atoms with Crippen LogP contribution in [0.4, 0.5) is 0 Å². The minimum Gasteiger partial charge on any atom is -0.480 e. The van der Waals surface area contributed by atoms with E-state index in [2.05, 4.69) is 10.7 Å². The molecule has 0 fully saturated rings. The molecule has 0 amide bonds. The van der Waals surface area contributed by atoms with E-state index >= 15 is 0 Å². The van der Waals surface area contributed by atoms with Crippen LogP contribution in [0.25, 0.3) is 0 Å². The van der Waals surface area contributed by atoms with Gasteiger partial charge in [0.1, 0.15) is 12.1 Å². The molecule has 12 heteroatoms. The Balaban J connectivity index is -0.000000303. The summed E-state index contributed by atoms with van der Waals surface area (Å²) in [6, 6.07) is -1.55. The molecule has 0 aliphatic carbocycles. The van der Waals surface area contributed by atoms with E-state index < -0.39 is 30.0 Å². The summed E-state index contributed by atoms with van der Waals surface area (Å²) >= 11 is 0. The maximum Gasteiger partial charge on any atom is 0.320 e. The summed E-state index contributed by atoms with van der Waals surface area (Å²) in [5, 5.41) is 23.8. The summed E-state index contributed by atoms with van der Waals surface area (Å²) in [6.07, 6.45) is 0.956. The normalized spacial score (nSPS) is 11.5. The third-order valence-electron chi connectivity index (χ3n) is 1.85. The summed E-state index contributed by atoms with van der Waals surface area (Å²) in [5.41, 5.74) is 24.7. The topological polar surface area (TPSA) is 254 Å². The third kappa shape index (κ3) is 28.5. The van der Waals surface area contributed by atoms with Crippen LogP contribution in [-0.4, -0.2) is 64.4 Å². The number of aliphatic carboxylic acids is 3. The molecule has 12 nitrogen and oxygen atoms in total. The molecule has 13 N–H and O–H groups in total. The SMILES string of the molecule is C[C@H](N)C(=O)O.NC(N)=NCCC[C@H](N)C(=O)O.NCC(=O)O. The van der Waals surface area contributed by atoms with Gasteiger partial charge in [0.15, 0.2) is 5.96 Å². The molecule has 0 saturated carbocycles. The van der Waals surface area contributed by atoms with Crippen LogP contribution in [0.2, 0.25) is 0 Å². The quantitative estimate of drug-likeness (QED) is 0.131. The first kappa shape index (κ1) is 25.5. The molecular weight excluding hydrogens is 312 g/mol. The molecular formula is C11H26N6O6. The van der Waals surface area contributed by atoms with E-state index in [1.165, 1.54) is 6.92 Å². The lowest BCUT2D eigenvalue weighted by molar-refractivity contribution is -0.139. The average molecular weight is 338 g/mol. The highest BCUT2D eigenvalue weighted by atomic mass is 16.4. The van der Waals surface area contributed by atoms with Crippen LogP contribution in [0, 0.1) is 0 Å². The van der Waals surface area contributed by atoms with Crippen molar-refractivity contribution in [1.29, 1.82) is 0 Å². The number of aliphatic imine (C=N–C) groups is 1. The average Bonchev–Trinajstić information content (AvgIpc) is 2.44. The predicted octanol–water partition coefficient (Wildman–Crippen LogP) is -3.10. The molecule has 0 aromatic rings. The van der Waals surface area contributed by atoms with Crippen LogP contribution in [0.1, 0.15) is 19.8 Å². The third-order valence-corrected chi connectivity index (χ3v) is 1.85. The molecule has 0 unspecified atom stereocenters. The van der Waals surface area contributed by atoms with E-state index in [4.69, 9.17) is 38.3 Å². The Labute approximate surface area is 133 Å². The number of rotatable bonds is 7. The van der Waals surface area contributed by atoms with Crippen LogP contribution in [-0.2, 0) is 14.4 Å². The molecule has 0 aliphatic heterocycles. The standard InChI is InChI=1S/C6H14N4O2.C3H7NO2.C2H5NO2/c7-4(5(11)12)2-1-3-10-6(8)9;1-2(4)3(5)6;3-1-2(4)5/h4H,1-3,7H2,(H,11,12)(H4,8,9,10);2H,4H2,1H3,(H,5,6);1,3H2,(H,4,5)/t4-;2-;/m00./s1. The lowest BCUT2D eigenvalue weighted by Gasteiger charge is -2.03. The fraction of sp³-hybridized carbons (Fsp3) is 0.636. The number of nitrogens with two attached hydrogens (primary N) is 5. The van der Waals surface area contributed by atoms with E-state index in [1.54, 1.807) is 0 Å². The van der Waals surface area contributed by atoms with Gasteiger partial charge in [-0.3, -0.25) is 19.4 Å². The second kappa shape index (κ2) is 15.9. The van der Waals surface area contributed by atoms with E-state index in [-0.39, 0.29) is 12.5 Å². The smallest absolute Gasteiger partial charge is 0.320 e. The van der Waals surface area contributed by atoms with E-state index in [0.717, 1.165) is 0 Å². The number of guanidine groups is 1. The van der Waals surface area contributed by atoms with Crippen LogP contribution in [0.15, 0.2) is 4.99 Å². The highest BCUT2D eigenvalue weighted by Gasteiger charge is 2.09. The van der Waals surface area contributed by atoms with Gasteiger partial charge in [-0.05, 0) is 19.8 Å². The molecule has 0 heterocycles. The summed E-state index contributed by atoms with van der Waals surface area (Å²) < 4.78 is 0. The van der Waals surface area contributed by atoms with Crippen molar-refractivity contribution in [2.45, 2.75) is 31.8 Å². The van der Waals surface area contributed by atoms with Gasteiger partial charge in [0.05, 0.1) is 6.54 Å². The minimum atomic E-state index is -1.00. The van der Waals surface area contributed by atoms with Crippen LogP contribution in [0.3, 0.4) is 0 Å². The molecule has 23 heavy (non-hydrogen) atoms. The molecule has 0 aliphatic rings. The molecule has 0 bridgehead atoms. The lowest BCUT2D eigenvalue weighted by atomic mass is 10.2. The Hall–Kier alpha value is -2.44. The molecule has 2 atom stereocenters. The van der Waals surface area contributed by atoms with Gasteiger partial charge < -0.3 is 44.0 Å². The summed E-state index contributed by atoms with van der Waals surface area (Å²) in [4.78, 5) is 32.7. The van der Waals surface area contributed by atoms with Crippen molar-refractivity contribution >= 4 is 23.9 Å². The van der Waals surface area contributed by atoms with Crippen LogP contribution >= 0.6 is 0 Å². The van der Waals surface area contributed by atoms with E-state index in [9.17, 15) is 14.4 Å². The fourth-order valence-electron chi connectivity index (χ4n) is 0.643. The van der Waals surface area contributed by atoms with Crippen molar-refractivity contribution in [1.82, 2.24) is 0 Å². The number of hydrogen-bond donors (Lipinski definition) is 8. The second-order valence-corrected chi connectivity index (χ2v) is 4.12. The van der Waals surface area contributed by atoms with E-state index in [1.807, 2.05) is 0 Å². The summed E-state index contributed by atoms with van der Waals surface area (Å²) in [6.45, 7) is 1.56. The largest absolute Gasteiger partial charge is 0.480 e. The predicted molar refractivity (Wildman–Crippen MR) is 83.5 cm³/mol. The zero-order valence-electron chi connectivity index (χ0n) is 12.9. The summed E-state index contributed by atoms with van der Waals surface area (Å²) in [7, 11) is 0. The Morgan fingerprint density at radius 1 is 1.04 bits per heavy atom. The van der Waals surface area contributed by atoms with Gasteiger partial charge >= 0.3 is 17.9 Å². The number of carbonyl (C=O) groups is 3. The Morgan fingerprint density at radius 2 is 1.43 bits per heavy atom. The zero-order chi connectivity index (χ0) is 19.0. The molecule has 0 aromatic carbocycles. The molecule has 0 aromatic heterocycles. The lowest BCUT2D eigenvalue weighted by Crippen LogP contribution is -2.30. The van der Waals surface area contributed by atoms with Gasteiger partial charge in [0.25, 0.3) is 0 Å².